The van der Waals surface area contributed by atoms with Crippen LogP contribution in [0.25, 0.3) is 105 Å². The molecular formula is C52H33N3. The lowest BCUT2D eigenvalue weighted by Gasteiger charge is -2.12. The first kappa shape index (κ1) is 31.2. The van der Waals surface area contributed by atoms with Gasteiger partial charge in [-0.25, -0.2) is 9.97 Å². The van der Waals surface area contributed by atoms with Gasteiger partial charge in [-0.05, 0) is 86.3 Å². The summed E-state index contributed by atoms with van der Waals surface area (Å²) in [7, 11) is 0. The Balaban J connectivity index is 0.990. The van der Waals surface area contributed by atoms with Crippen molar-refractivity contribution in [3.8, 4) is 50.6 Å². The highest BCUT2D eigenvalue weighted by Gasteiger charge is 2.18. The first-order valence-corrected chi connectivity index (χ1v) is 18.7. The van der Waals surface area contributed by atoms with Crippen LogP contribution in [-0.4, -0.2) is 14.5 Å². The molecule has 3 nitrogen and oxygen atoms in total. The predicted molar refractivity (Wildman–Crippen MR) is 231 cm³/mol. The van der Waals surface area contributed by atoms with Gasteiger partial charge in [-0.3, -0.25) is 0 Å². The fourth-order valence-corrected chi connectivity index (χ4v) is 8.32. The van der Waals surface area contributed by atoms with Crippen molar-refractivity contribution >= 4 is 54.3 Å². The lowest BCUT2D eigenvalue weighted by molar-refractivity contribution is 1.17. The smallest absolute Gasteiger partial charge is 0.160 e. The summed E-state index contributed by atoms with van der Waals surface area (Å²) in [5.41, 5.74) is 12.2. The predicted octanol–water partition coefficient (Wildman–Crippen LogP) is 13.7. The second-order valence-corrected chi connectivity index (χ2v) is 14.2. The average Bonchev–Trinajstić information content (AvgIpc) is 3.62. The average molecular weight is 700 g/mol. The van der Waals surface area contributed by atoms with E-state index >= 15 is 0 Å². The van der Waals surface area contributed by atoms with Gasteiger partial charge in [-0.15, -0.1) is 0 Å². The maximum absolute atomic E-state index is 5.23. The minimum Gasteiger partial charge on any atom is -0.309 e. The van der Waals surface area contributed by atoms with Crippen LogP contribution in [0, 0.1) is 0 Å². The summed E-state index contributed by atoms with van der Waals surface area (Å²) in [6, 6.07) is 71.5. The summed E-state index contributed by atoms with van der Waals surface area (Å²) in [6.45, 7) is 0. The van der Waals surface area contributed by atoms with Crippen LogP contribution in [0.5, 0.6) is 0 Å². The van der Waals surface area contributed by atoms with Gasteiger partial charge in [0.25, 0.3) is 0 Å². The van der Waals surface area contributed by atoms with Crippen molar-refractivity contribution in [1.29, 1.82) is 0 Å². The number of benzene rings is 9. The van der Waals surface area contributed by atoms with Gasteiger partial charge in [-0.1, -0.05) is 158 Å². The maximum Gasteiger partial charge on any atom is 0.160 e. The largest absolute Gasteiger partial charge is 0.309 e. The van der Waals surface area contributed by atoms with Crippen LogP contribution in [0.1, 0.15) is 0 Å². The van der Waals surface area contributed by atoms with Crippen molar-refractivity contribution in [3.05, 3.63) is 200 Å². The molecule has 0 atom stereocenters. The summed E-state index contributed by atoms with van der Waals surface area (Å²) in [5.74, 6) is 0.708. The quantitative estimate of drug-likeness (QED) is 0.179. The van der Waals surface area contributed by atoms with Gasteiger partial charge in [0, 0.05) is 33.0 Å². The summed E-state index contributed by atoms with van der Waals surface area (Å²) in [6.07, 6.45) is 0. The van der Waals surface area contributed by atoms with Crippen LogP contribution in [0.4, 0.5) is 0 Å². The first-order valence-electron chi connectivity index (χ1n) is 18.7. The second-order valence-electron chi connectivity index (χ2n) is 14.2. The van der Waals surface area contributed by atoms with Crippen molar-refractivity contribution < 1.29 is 0 Å². The monoisotopic (exact) mass is 699 g/mol. The molecule has 0 saturated heterocycles. The number of hydrogen-bond donors (Lipinski definition) is 0. The molecule has 0 saturated carbocycles. The molecule has 0 spiro atoms. The summed E-state index contributed by atoms with van der Waals surface area (Å²) in [5, 5.41) is 8.62. The summed E-state index contributed by atoms with van der Waals surface area (Å²) in [4.78, 5) is 10.3. The van der Waals surface area contributed by atoms with E-state index in [0.717, 1.165) is 33.4 Å². The molecule has 0 aliphatic carbocycles. The Morgan fingerprint density at radius 2 is 0.764 bits per heavy atom. The van der Waals surface area contributed by atoms with Gasteiger partial charge in [0.05, 0.1) is 22.2 Å². The maximum atomic E-state index is 5.23. The number of nitrogens with zero attached hydrogens (tertiary/aromatic N) is 3. The third kappa shape index (κ3) is 5.20. The van der Waals surface area contributed by atoms with E-state index in [0.29, 0.717) is 5.82 Å². The second kappa shape index (κ2) is 12.6. The van der Waals surface area contributed by atoms with Crippen molar-refractivity contribution in [2.24, 2.45) is 0 Å². The zero-order chi connectivity index (χ0) is 36.3. The van der Waals surface area contributed by atoms with Crippen molar-refractivity contribution in [2.75, 3.05) is 0 Å². The number of fused-ring (bicyclic) bond motifs is 8. The minimum absolute atomic E-state index is 0.708. The Morgan fingerprint density at radius 1 is 0.309 bits per heavy atom. The Kier molecular flexibility index (Phi) is 7.17. The molecule has 256 valence electrons. The molecular weight excluding hydrogens is 667 g/mol. The molecule has 0 bridgehead atoms. The SMILES string of the molecule is c1ccc(-c2ccc(-c3ccc(-c4nc(-c5ccc(-n6c7ccc8ccccc8c7c7c8ccccc8ccc76)cc5)nc5ccccc45)cc3)cc2)cc1. The van der Waals surface area contributed by atoms with Crippen LogP contribution in [-0.2, 0) is 0 Å². The first-order chi connectivity index (χ1) is 27.3. The minimum atomic E-state index is 0.708. The van der Waals surface area contributed by atoms with E-state index in [9.17, 15) is 0 Å². The van der Waals surface area contributed by atoms with Crippen molar-refractivity contribution in [2.45, 2.75) is 0 Å². The molecule has 2 aromatic heterocycles. The third-order valence-electron chi connectivity index (χ3n) is 11.0. The molecule has 0 aliphatic rings. The number of hydrogen-bond acceptors (Lipinski definition) is 2. The third-order valence-corrected chi connectivity index (χ3v) is 11.0. The van der Waals surface area contributed by atoms with E-state index in [1.54, 1.807) is 0 Å². The van der Waals surface area contributed by atoms with E-state index < -0.39 is 0 Å². The number of aromatic nitrogens is 3. The lowest BCUT2D eigenvalue weighted by Crippen LogP contribution is -1.97. The zero-order valence-electron chi connectivity index (χ0n) is 29.9. The van der Waals surface area contributed by atoms with Gasteiger partial charge < -0.3 is 4.57 Å². The Morgan fingerprint density at radius 3 is 1.35 bits per heavy atom. The van der Waals surface area contributed by atoms with E-state index in [2.05, 4.69) is 199 Å². The molecule has 0 radical (unpaired) electrons. The summed E-state index contributed by atoms with van der Waals surface area (Å²) >= 11 is 0. The molecule has 3 heteroatoms. The molecule has 0 fully saturated rings. The van der Waals surface area contributed by atoms with Crippen LogP contribution in [0.15, 0.2) is 200 Å². The molecule has 2 heterocycles. The molecule has 11 aromatic rings. The van der Waals surface area contributed by atoms with Crippen molar-refractivity contribution in [1.82, 2.24) is 14.5 Å². The standard InChI is InChI=1S/C52H33N3/c1-2-10-34(11-3-1)35-18-20-36(21-19-35)37-22-24-40(25-23-37)51-45-16-8-9-17-46(45)53-52(54-51)41-26-30-42(31-27-41)55-47-32-28-38-12-4-6-14-43(38)49(47)50-44-15-7-5-13-39(44)29-33-48(50)55/h1-33H. The fourth-order valence-electron chi connectivity index (χ4n) is 8.32. The van der Waals surface area contributed by atoms with Crippen molar-refractivity contribution in [3.63, 3.8) is 0 Å². The number of para-hydroxylation sites is 1. The Bertz CT molecular complexity index is 3120. The van der Waals surface area contributed by atoms with Crippen LogP contribution in [0.2, 0.25) is 0 Å². The topological polar surface area (TPSA) is 30.7 Å². The van der Waals surface area contributed by atoms with E-state index in [1.165, 1.54) is 65.6 Å². The molecule has 0 N–H and O–H groups in total. The molecule has 0 unspecified atom stereocenters. The Labute approximate surface area is 318 Å². The highest BCUT2D eigenvalue weighted by molar-refractivity contribution is 6.28. The molecule has 0 amide bonds. The van der Waals surface area contributed by atoms with E-state index in [-0.39, 0.29) is 0 Å². The molecule has 9 aromatic carbocycles. The Hall–Kier alpha value is -7.36. The molecule has 0 aliphatic heterocycles. The fraction of sp³-hybridized carbons (Fsp3) is 0. The van der Waals surface area contributed by atoms with Gasteiger partial charge in [0.1, 0.15) is 0 Å². The highest BCUT2D eigenvalue weighted by Crippen LogP contribution is 2.41. The summed E-state index contributed by atoms with van der Waals surface area (Å²) < 4.78 is 2.40. The van der Waals surface area contributed by atoms with Crippen LogP contribution < -0.4 is 0 Å². The van der Waals surface area contributed by atoms with Gasteiger partial charge in [-0.2, -0.15) is 0 Å². The zero-order valence-corrected chi connectivity index (χ0v) is 29.9. The van der Waals surface area contributed by atoms with E-state index in [1.807, 2.05) is 6.07 Å². The highest BCUT2D eigenvalue weighted by atomic mass is 15.0. The lowest BCUT2D eigenvalue weighted by atomic mass is 9.98. The van der Waals surface area contributed by atoms with Crippen LogP contribution >= 0.6 is 0 Å². The van der Waals surface area contributed by atoms with Gasteiger partial charge in [0.15, 0.2) is 5.82 Å². The number of rotatable bonds is 5. The normalized spacial score (nSPS) is 11.6. The van der Waals surface area contributed by atoms with E-state index in [4.69, 9.17) is 9.97 Å². The van der Waals surface area contributed by atoms with Gasteiger partial charge >= 0.3 is 0 Å². The van der Waals surface area contributed by atoms with Gasteiger partial charge in [0.2, 0.25) is 0 Å². The molecule has 55 heavy (non-hydrogen) atoms. The van der Waals surface area contributed by atoms with Crippen LogP contribution in [0.3, 0.4) is 0 Å². The molecule has 11 rings (SSSR count).